The van der Waals surface area contributed by atoms with Gasteiger partial charge < -0.3 is 15.4 Å². The van der Waals surface area contributed by atoms with Gasteiger partial charge in [0.1, 0.15) is 17.4 Å². The molecule has 1 atom stereocenters. The highest BCUT2D eigenvalue weighted by atomic mass is 19.1. The molecule has 0 fully saturated rings. The number of carbonyl (C=O) groups is 1. The second-order valence-corrected chi connectivity index (χ2v) is 8.28. The quantitative estimate of drug-likeness (QED) is 0.284. The van der Waals surface area contributed by atoms with Gasteiger partial charge in [0.05, 0.1) is 18.2 Å². The van der Waals surface area contributed by atoms with Crippen LogP contribution in [0.25, 0.3) is 16.5 Å². The van der Waals surface area contributed by atoms with Gasteiger partial charge in [-0.1, -0.05) is 24.8 Å². The number of aromatic amines is 1. The number of rotatable bonds is 8. The van der Waals surface area contributed by atoms with Crippen molar-refractivity contribution in [3.63, 3.8) is 0 Å². The van der Waals surface area contributed by atoms with Crippen molar-refractivity contribution >= 4 is 22.4 Å². The second kappa shape index (κ2) is 10.3. The second-order valence-electron chi connectivity index (χ2n) is 8.28. The minimum absolute atomic E-state index is 0.0371. The lowest BCUT2D eigenvalue weighted by atomic mass is 9.95. The van der Waals surface area contributed by atoms with Crippen LogP contribution in [-0.4, -0.2) is 21.0 Å². The molecule has 0 aliphatic rings. The van der Waals surface area contributed by atoms with E-state index in [4.69, 9.17) is 0 Å². The molecule has 0 aliphatic carbocycles. The van der Waals surface area contributed by atoms with Crippen molar-refractivity contribution in [2.45, 2.75) is 25.8 Å². The maximum Gasteiger partial charge on any atom is 0.225 e. The summed E-state index contributed by atoms with van der Waals surface area (Å²) in [5.41, 5.74) is 3.87. The van der Waals surface area contributed by atoms with Gasteiger partial charge in [-0.3, -0.25) is 9.78 Å². The third kappa shape index (κ3) is 5.63. The number of amides is 1. The molecule has 35 heavy (non-hydrogen) atoms. The number of phenolic OH excluding ortho intramolecular Hbond substituents is 1. The van der Waals surface area contributed by atoms with Gasteiger partial charge in [0.15, 0.2) is 0 Å². The van der Waals surface area contributed by atoms with Gasteiger partial charge in [0, 0.05) is 34.9 Å². The fraction of sp³-hybridized carbons (Fsp3) is 0.143. The lowest BCUT2D eigenvalue weighted by molar-refractivity contribution is -0.121. The normalized spacial score (nSPS) is 12.2. The highest BCUT2D eigenvalue weighted by Gasteiger charge is 2.22. The molecule has 5 nitrogen and oxygen atoms in total. The van der Waals surface area contributed by atoms with Gasteiger partial charge in [-0.2, -0.15) is 0 Å². The minimum Gasteiger partial charge on any atom is -0.508 e. The monoisotopic (exact) mass is 473 g/mol. The van der Waals surface area contributed by atoms with Crippen LogP contribution in [0.4, 0.5) is 8.78 Å². The summed E-state index contributed by atoms with van der Waals surface area (Å²) in [5, 5.41) is 13.6. The van der Waals surface area contributed by atoms with E-state index in [0.29, 0.717) is 22.4 Å². The summed E-state index contributed by atoms with van der Waals surface area (Å²) in [4.78, 5) is 20.7. The Morgan fingerprint density at radius 1 is 1.20 bits per heavy atom. The Morgan fingerprint density at radius 3 is 2.71 bits per heavy atom. The first-order valence-corrected chi connectivity index (χ1v) is 11.1. The average Bonchev–Trinajstić information content (AvgIpc) is 3.19. The standard InChI is InChI=1S/C28H25F2N3O2/c1-3-5-17(2)23-6-4-9-31-28(23)26(12-18-10-20(29)14-21(30)11-18)33-27(35)13-19-16-32-25-8-7-22(34)15-24(19)25/h3-11,14-16,26,32,34H,2,12-13H2,1H3,(H,33,35). The number of H-pyrrole nitrogens is 1. The van der Waals surface area contributed by atoms with E-state index >= 15 is 0 Å². The number of nitrogens with zero attached hydrogens (tertiary/aromatic N) is 1. The zero-order chi connectivity index (χ0) is 24.9. The first-order valence-electron chi connectivity index (χ1n) is 11.1. The van der Waals surface area contributed by atoms with Crippen LogP contribution in [0.15, 0.2) is 79.7 Å². The summed E-state index contributed by atoms with van der Waals surface area (Å²) in [5.74, 6) is -1.58. The number of fused-ring (bicyclic) bond motifs is 1. The van der Waals surface area contributed by atoms with Gasteiger partial charge in [-0.15, -0.1) is 0 Å². The number of hydrogen-bond donors (Lipinski definition) is 3. The van der Waals surface area contributed by atoms with Crippen LogP contribution in [-0.2, 0) is 17.6 Å². The van der Waals surface area contributed by atoms with Crippen molar-refractivity contribution in [3.8, 4) is 5.75 Å². The molecular weight excluding hydrogens is 448 g/mol. The molecule has 0 spiro atoms. The zero-order valence-corrected chi connectivity index (χ0v) is 19.2. The Kier molecular flexibility index (Phi) is 7.06. The van der Waals surface area contributed by atoms with E-state index in [1.54, 1.807) is 36.7 Å². The lowest BCUT2D eigenvalue weighted by Crippen LogP contribution is -2.32. The molecule has 0 bridgehead atoms. The van der Waals surface area contributed by atoms with Crippen molar-refractivity contribution in [2.24, 2.45) is 0 Å². The predicted molar refractivity (Wildman–Crippen MR) is 133 cm³/mol. The van der Waals surface area contributed by atoms with Crippen molar-refractivity contribution in [2.75, 3.05) is 0 Å². The Bertz CT molecular complexity index is 1400. The first-order chi connectivity index (χ1) is 16.8. The molecule has 2 heterocycles. The van der Waals surface area contributed by atoms with Gasteiger partial charge in [0.2, 0.25) is 5.91 Å². The molecule has 2 aromatic heterocycles. The molecule has 7 heteroatoms. The number of benzene rings is 2. The molecule has 0 saturated heterocycles. The van der Waals surface area contributed by atoms with Gasteiger partial charge in [-0.05, 0) is 66.4 Å². The fourth-order valence-electron chi connectivity index (χ4n) is 4.17. The van der Waals surface area contributed by atoms with Crippen LogP contribution in [0.5, 0.6) is 5.75 Å². The van der Waals surface area contributed by atoms with Crippen LogP contribution in [0.2, 0.25) is 0 Å². The Morgan fingerprint density at radius 2 is 1.97 bits per heavy atom. The molecule has 0 saturated carbocycles. The highest BCUT2D eigenvalue weighted by Crippen LogP contribution is 2.27. The molecule has 3 N–H and O–H groups in total. The average molecular weight is 474 g/mol. The number of hydrogen-bond acceptors (Lipinski definition) is 3. The van der Waals surface area contributed by atoms with Crippen molar-refractivity contribution in [1.82, 2.24) is 15.3 Å². The zero-order valence-electron chi connectivity index (χ0n) is 19.2. The van der Waals surface area contributed by atoms with Gasteiger partial charge >= 0.3 is 0 Å². The Labute approximate surface area is 201 Å². The third-order valence-electron chi connectivity index (χ3n) is 5.68. The number of aromatic hydroxyl groups is 1. The first kappa shape index (κ1) is 23.9. The van der Waals surface area contributed by atoms with Gasteiger partial charge in [0.25, 0.3) is 0 Å². The third-order valence-corrected chi connectivity index (χ3v) is 5.68. The van der Waals surface area contributed by atoms with Crippen molar-refractivity contribution in [1.29, 1.82) is 0 Å². The van der Waals surface area contributed by atoms with Crippen molar-refractivity contribution in [3.05, 3.63) is 114 Å². The summed E-state index contributed by atoms with van der Waals surface area (Å²) >= 11 is 0. The van der Waals surface area contributed by atoms with Crippen LogP contribution < -0.4 is 5.32 Å². The van der Waals surface area contributed by atoms with E-state index < -0.39 is 17.7 Å². The van der Waals surface area contributed by atoms with Crippen LogP contribution in [0, 0.1) is 11.6 Å². The summed E-state index contributed by atoms with van der Waals surface area (Å²) < 4.78 is 27.8. The molecule has 2 aromatic carbocycles. The molecule has 4 aromatic rings. The summed E-state index contributed by atoms with van der Waals surface area (Å²) in [7, 11) is 0. The largest absolute Gasteiger partial charge is 0.508 e. The van der Waals surface area contributed by atoms with E-state index in [0.717, 1.165) is 22.5 Å². The van der Waals surface area contributed by atoms with Crippen LogP contribution >= 0.6 is 0 Å². The summed E-state index contributed by atoms with van der Waals surface area (Å²) in [6.07, 6.45) is 7.18. The number of halogens is 2. The molecule has 0 aliphatic heterocycles. The lowest BCUT2D eigenvalue weighted by Gasteiger charge is -2.21. The molecule has 1 unspecified atom stereocenters. The number of allylic oxidation sites excluding steroid dienone is 3. The molecule has 1 amide bonds. The van der Waals surface area contributed by atoms with E-state index in [-0.39, 0.29) is 24.5 Å². The number of pyridine rings is 1. The maximum atomic E-state index is 13.9. The fourth-order valence-corrected chi connectivity index (χ4v) is 4.17. The molecular formula is C28H25F2N3O2. The Hall–Kier alpha value is -4.26. The highest BCUT2D eigenvalue weighted by molar-refractivity contribution is 5.90. The number of phenols is 1. The SMILES string of the molecule is C=C(C=CC)c1cccnc1C(Cc1cc(F)cc(F)c1)NC(=O)Cc1c[nH]c2ccc(O)cc12. The smallest absolute Gasteiger partial charge is 0.225 e. The molecule has 178 valence electrons. The van der Waals surface area contributed by atoms with Crippen molar-refractivity contribution < 1.29 is 18.7 Å². The Balaban J connectivity index is 1.67. The van der Waals surface area contributed by atoms with E-state index in [9.17, 15) is 18.7 Å². The topological polar surface area (TPSA) is 78.0 Å². The van der Waals surface area contributed by atoms with Crippen LogP contribution in [0.3, 0.4) is 0 Å². The van der Waals surface area contributed by atoms with Gasteiger partial charge in [-0.25, -0.2) is 8.78 Å². The van der Waals surface area contributed by atoms with E-state index in [1.807, 2.05) is 25.1 Å². The maximum absolute atomic E-state index is 13.9. The number of carbonyl (C=O) groups excluding carboxylic acids is 1. The van der Waals surface area contributed by atoms with Crippen LogP contribution in [0.1, 0.15) is 35.3 Å². The molecule has 0 radical (unpaired) electrons. The number of nitrogens with one attached hydrogen (secondary N) is 2. The summed E-state index contributed by atoms with van der Waals surface area (Å²) in [6, 6.07) is 11.1. The summed E-state index contributed by atoms with van der Waals surface area (Å²) in [6.45, 7) is 5.96. The van der Waals surface area contributed by atoms with E-state index in [2.05, 4.69) is 21.9 Å². The molecule has 4 rings (SSSR count). The predicted octanol–water partition coefficient (Wildman–Crippen LogP) is 5.78. The minimum atomic E-state index is -0.691. The van der Waals surface area contributed by atoms with E-state index in [1.165, 1.54) is 12.1 Å². The number of aromatic nitrogens is 2.